The van der Waals surface area contributed by atoms with Crippen LogP contribution in [0, 0.1) is 11.8 Å². The summed E-state index contributed by atoms with van der Waals surface area (Å²) < 4.78 is 2.23. The number of imidazole rings is 1. The third-order valence-electron chi connectivity index (χ3n) is 7.31. The second kappa shape index (κ2) is 10.6. The van der Waals surface area contributed by atoms with E-state index in [1.807, 2.05) is 30.5 Å². The van der Waals surface area contributed by atoms with Crippen molar-refractivity contribution in [3.8, 4) is 0 Å². The summed E-state index contributed by atoms with van der Waals surface area (Å²) in [5, 5.41) is 4.25. The van der Waals surface area contributed by atoms with Crippen molar-refractivity contribution in [2.24, 2.45) is 11.8 Å². The number of hydrogen-bond donors (Lipinski definition) is 1. The Kier molecular flexibility index (Phi) is 7.19. The van der Waals surface area contributed by atoms with Crippen molar-refractivity contribution >= 4 is 28.7 Å². The number of rotatable bonds is 7. The maximum Gasteiger partial charge on any atom is 0.251 e. The van der Waals surface area contributed by atoms with Crippen molar-refractivity contribution in [1.82, 2.24) is 19.9 Å². The molecule has 180 valence electrons. The Morgan fingerprint density at radius 1 is 1.03 bits per heavy atom. The number of hydrogen-bond acceptors (Lipinski definition) is 4. The van der Waals surface area contributed by atoms with Gasteiger partial charge in [0.1, 0.15) is 0 Å². The van der Waals surface area contributed by atoms with Gasteiger partial charge in [-0.25, -0.2) is 4.98 Å². The number of benzene rings is 2. The smallest absolute Gasteiger partial charge is 0.251 e. The largest absolute Gasteiger partial charge is 0.349 e. The summed E-state index contributed by atoms with van der Waals surface area (Å²) in [6, 6.07) is 20.7. The number of pyridine rings is 1. The lowest BCUT2D eigenvalue weighted by molar-refractivity contribution is 0.0891. The maximum atomic E-state index is 12.8. The van der Waals surface area contributed by atoms with Gasteiger partial charge in [-0.1, -0.05) is 80.9 Å². The number of fused-ring (bicyclic) bond motifs is 1. The fourth-order valence-corrected chi connectivity index (χ4v) is 5.88. The van der Waals surface area contributed by atoms with E-state index in [0.717, 1.165) is 40.5 Å². The minimum Gasteiger partial charge on any atom is -0.349 e. The first-order chi connectivity index (χ1) is 17.1. The number of thioether (sulfide) groups is 1. The molecular weight excluding hydrogens is 452 g/mol. The quantitative estimate of drug-likeness (QED) is 0.312. The number of nitrogens with zero attached hydrogens (tertiary/aromatic N) is 3. The highest BCUT2D eigenvalue weighted by molar-refractivity contribution is 7.98. The van der Waals surface area contributed by atoms with E-state index in [2.05, 4.69) is 65.1 Å². The SMILES string of the molecule is C[C@@H]1[C@H](C)CCC[C@@H]1NC(=O)c1ccc(CSc2nc3ccncc3n2Cc2ccccc2)cc1. The molecule has 1 aliphatic carbocycles. The van der Waals surface area contributed by atoms with Crippen LogP contribution < -0.4 is 5.32 Å². The molecule has 6 heteroatoms. The minimum absolute atomic E-state index is 0.0345. The molecule has 1 aliphatic rings. The summed E-state index contributed by atoms with van der Waals surface area (Å²) in [5.41, 5.74) is 5.12. The summed E-state index contributed by atoms with van der Waals surface area (Å²) in [6.07, 6.45) is 7.20. The zero-order valence-electron chi connectivity index (χ0n) is 20.4. The van der Waals surface area contributed by atoms with E-state index in [0.29, 0.717) is 11.8 Å². The Balaban J connectivity index is 1.26. The normalized spacial score (nSPS) is 20.1. The van der Waals surface area contributed by atoms with Crippen LogP contribution in [-0.2, 0) is 12.3 Å². The van der Waals surface area contributed by atoms with E-state index in [4.69, 9.17) is 4.98 Å². The number of carbonyl (C=O) groups excluding carboxylic acids is 1. The standard InChI is InChI=1S/C29H32N4OS/c1-20-7-6-10-25(21(20)2)31-28(34)24-13-11-23(12-14-24)19-35-29-32-26-15-16-30-17-27(26)33(29)18-22-8-4-3-5-9-22/h3-5,8-9,11-17,20-21,25H,6-7,10,18-19H2,1-2H3,(H,31,34)/t20-,21-,25+/m1/s1. The highest BCUT2D eigenvalue weighted by Crippen LogP contribution is 2.30. The molecule has 2 aromatic heterocycles. The molecule has 0 unspecified atom stereocenters. The van der Waals surface area contributed by atoms with Gasteiger partial charge < -0.3 is 9.88 Å². The summed E-state index contributed by atoms with van der Waals surface area (Å²) >= 11 is 1.71. The molecule has 0 spiro atoms. The molecule has 0 radical (unpaired) electrons. The second-order valence-corrected chi connectivity index (χ2v) is 10.6. The van der Waals surface area contributed by atoms with E-state index in [9.17, 15) is 4.79 Å². The van der Waals surface area contributed by atoms with Crippen molar-refractivity contribution in [1.29, 1.82) is 0 Å². The third kappa shape index (κ3) is 5.43. The highest BCUT2D eigenvalue weighted by atomic mass is 32.2. The van der Waals surface area contributed by atoms with E-state index in [-0.39, 0.29) is 11.9 Å². The zero-order chi connectivity index (χ0) is 24.2. The zero-order valence-corrected chi connectivity index (χ0v) is 21.2. The van der Waals surface area contributed by atoms with E-state index >= 15 is 0 Å². The molecule has 35 heavy (non-hydrogen) atoms. The summed E-state index contributed by atoms with van der Waals surface area (Å²) in [6.45, 7) is 5.30. The molecule has 1 saturated carbocycles. The Morgan fingerprint density at radius 3 is 2.63 bits per heavy atom. The van der Waals surface area contributed by atoms with Crippen LogP contribution in [0.1, 0.15) is 54.6 Å². The predicted octanol–water partition coefficient (Wildman–Crippen LogP) is 6.33. The Morgan fingerprint density at radius 2 is 1.83 bits per heavy atom. The fraction of sp³-hybridized carbons (Fsp3) is 0.345. The van der Waals surface area contributed by atoms with Gasteiger partial charge in [-0.2, -0.15) is 0 Å². The number of carbonyl (C=O) groups is 1. The molecule has 0 saturated heterocycles. The molecule has 2 aromatic carbocycles. The Bertz CT molecular complexity index is 1290. The molecular formula is C29H32N4OS. The number of aromatic nitrogens is 3. The van der Waals surface area contributed by atoms with Crippen molar-refractivity contribution < 1.29 is 4.79 Å². The minimum atomic E-state index is 0.0345. The topological polar surface area (TPSA) is 59.8 Å². The van der Waals surface area contributed by atoms with Gasteiger partial charge in [-0.15, -0.1) is 0 Å². The molecule has 1 amide bonds. The Labute approximate surface area is 211 Å². The first-order valence-corrected chi connectivity index (χ1v) is 13.4. The van der Waals surface area contributed by atoms with Gasteiger partial charge in [0.2, 0.25) is 0 Å². The first kappa shape index (κ1) is 23.6. The maximum absolute atomic E-state index is 12.8. The molecule has 0 aliphatic heterocycles. The van der Waals surface area contributed by atoms with Crippen LogP contribution in [0.4, 0.5) is 0 Å². The van der Waals surface area contributed by atoms with Gasteiger partial charge in [0.25, 0.3) is 5.91 Å². The molecule has 0 bridgehead atoms. The van der Waals surface area contributed by atoms with E-state index in [1.54, 1.807) is 18.0 Å². The van der Waals surface area contributed by atoms with Crippen LogP contribution in [0.2, 0.25) is 0 Å². The molecule has 5 rings (SSSR count). The van der Waals surface area contributed by atoms with Gasteiger partial charge in [0.05, 0.1) is 23.8 Å². The van der Waals surface area contributed by atoms with Crippen LogP contribution in [0.5, 0.6) is 0 Å². The van der Waals surface area contributed by atoms with Crippen LogP contribution in [0.3, 0.4) is 0 Å². The van der Waals surface area contributed by atoms with Crippen LogP contribution in [0.15, 0.2) is 78.2 Å². The Hall–Kier alpha value is -3.12. The van der Waals surface area contributed by atoms with Gasteiger partial charge in [-0.05, 0) is 47.6 Å². The monoisotopic (exact) mass is 484 g/mol. The lowest BCUT2D eigenvalue weighted by Gasteiger charge is -2.34. The highest BCUT2D eigenvalue weighted by Gasteiger charge is 2.28. The van der Waals surface area contributed by atoms with Gasteiger partial charge in [0.15, 0.2) is 5.16 Å². The summed E-state index contributed by atoms with van der Waals surface area (Å²) in [7, 11) is 0. The second-order valence-electron chi connectivity index (χ2n) is 9.66. The fourth-order valence-electron chi connectivity index (χ4n) is 4.91. The third-order valence-corrected chi connectivity index (χ3v) is 8.35. The lowest BCUT2D eigenvalue weighted by atomic mass is 9.78. The van der Waals surface area contributed by atoms with E-state index < -0.39 is 0 Å². The van der Waals surface area contributed by atoms with Gasteiger partial charge >= 0.3 is 0 Å². The van der Waals surface area contributed by atoms with Gasteiger partial charge in [0, 0.05) is 23.6 Å². The molecule has 1 N–H and O–H groups in total. The number of amides is 1. The molecule has 5 nitrogen and oxygen atoms in total. The van der Waals surface area contributed by atoms with Crippen LogP contribution >= 0.6 is 11.8 Å². The van der Waals surface area contributed by atoms with Crippen molar-refractivity contribution in [2.75, 3.05) is 0 Å². The molecule has 3 atom stereocenters. The van der Waals surface area contributed by atoms with Crippen LogP contribution in [-0.4, -0.2) is 26.5 Å². The van der Waals surface area contributed by atoms with Crippen molar-refractivity contribution in [3.63, 3.8) is 0 Å². The summed E-state index contributed by atoms with van der Waals surface area (Å²) in [4.78, 5) is 22.0. The van der Waals surface area contributed by atoms with Crippen molar-refractivity contribution in [3.05, 3.63) is 89.7 Å². The average molecular weight is 485 g/mol. The average Bonchev–Trinajstić information content (AvgIpc) is 3.23. The molecule has 1 fully saturated rings. The van der Waals surface area contributed by atoms with Crippen molar-refractivity contribution in [2.45, 2.75) is 56.6 Å². The predicted molar refractivity (Wildman–Crippen MR) is 143 cm³/mol. The van der Waals surface area contributed by atoms with E-state index in [1.165, 1.54) is 24.0 Å². The summed E-state index contributed by atoms with van der Waals surface area (Å²) in [5.74, 6) is 2.00. The lowest BCUT2D eigenvalue weighted by Crippen LogP contribution is -2.43. The van der Waals surface area contributed by atoms with Gasteiger partial charge in [-0.3, -0.25) is 9.78 Å². The first-order valence-electron chi connectivity index (χ1n) is 12.5. The van der Waals surface area contributed by atoms with Crippen LogP contribution in [0.25, 0.3) is 11.0 Å². The molecule has 2 heterocycles. The molecule has 4 aromatic rings. The number of nitrogens with one attached hydrogen (secondary N) is 1.